The Kier molecular flexibility index (Phi) is 9.65. The van der Waals surface area contributed by atoms with E-state index in [1.54, 1.807) is 20.8 Å². The number of carbonyl (C=O) groups is 3. The Morgan fingerprint density at radius 2 is 1.68 bits per heavy atom. The summed E-state index contributed by atoms with van der Waals surface area (Å²) in [6, 6.07) is 10.5. The van der Waals surface area contributed by atoms with Gasteiger partial charge in [0.1, 0.15) is 9.88 Å². The molecule has 0 spiro atoms. The van der Waals surface area contributed by atoms with Gasteiger partial charge in [0.25, 0.3) is 0 Å². The lowest BCUT2D eigenvalue weighted by Crippen LogP contribution is -2.33. The molecule has 2 aromatic rings. The van der Waals surface area contributed by atoms with Crippen molar-refractivity contribution in [3.05, 3.63) is 51.9 Å². The first-order valence-electron chi connectivity index (χ1n) is 12.0. The minimum atomic E-state index is -0.548. The molecule has 184 valence electrons. The van der Waals surface area contributed by atoms with Gasteiger partial charge in [0.15, 0.2) is 0 Å². The lowest BCUT2D eigenvalue weighted by atomic mass is 9.92. The van der Waals surface area contributed by atoms with Crippen molar-refractivity contribution in [1.82, 2.24) is 4.90 Å². The SMILES string of the molecule is CCOC(=O)c1sc(NC(=O)CCC2CCN(Cc3ccccc3)CC2)c(C(=O)OCC)c1C. The molecule has 0 bridgehead atoms. The second-order valence-electron chi connectivity index (χ2n) is 8.49. The van der Waals surface area contributed by atoms with Crippen molar-refractivity contribution in [2.75, 3.05) is 31.6 Å². The average Bonchev–Trinajstić information content (AvgIpc) is 3.15. The van der Waals surface area contributed by atoms with E-state index >= 15 is 0 Å². The highest BCUT2D eigenvalue weighted by Crippen LogP contribution is 2.34. The minimum Gasteiger partial charge on any atom is -0.462 e. The summed E-state index contributed by atoms with van der Waals surface area (Å²) in [6.45, 7) is 8.58. The zero-order valence-electron chi connectivity index (χ0n) is 20.2. The van der Waals surface area contributed by atoms with Gasteiger partial charge in [-0.3, -0.25) is 9.69 Å². The van der Waals surface area contributed by atoms with E-state index in [1.807, 2.05) is 6.07 Å². The second kappa shape index (κ2) is 12.7. The summed E-state index contributed by atoms with van der Waals surface area (Å²) in [5.74, 6) is -0.706. The first-order valence-corrected chi connectivity index (χ1v) is 12.8. The molecule has 1 amide bonds. The second-order valence-corrected chi connectivity index (χ2v) is 9.51. The molecular weight excluding hydrogens is 452 g/mol. The summed E-state index contributed by atoms with van der Waals surface area (Å²) in [7, 11) is 0. The van der Waals surface area contributed by atoms with Gasteiger partial charge in [-0.15, -0.1) is 11.3 Å². The number of amides is 1. The minimum absolute atomic E-state index is 0.158. The van der Waals surface area contributed by atoms with Crippen molar-refractivity contribution < 1.29 is 23.9 Å². The molecule has 0 atom stereocenters. The molecule has 7 nitrogen and oxygen atoms in total. The molecule has 34 heavy (non-hydrogen) atoms. The predicted molar refractivity (Wildman–Crippen MR) is 133 cm³/mol. The molecule has 2 heterocycles. The molecule has 0 unspecified atom stereocenters. The van der Waals surface area contributed by atoms with E-state index in [9.17, 15) is 14.4 Å². The molecule has 1 aromatic carbocycles. The summed E-state index contributed by atoms with van der Waals surface area (Å²) in [6.07, 6.45) is 3.31. The third kappa shape index (κ3) is 6.90. The van der Waals surface area contributed by atoms with Gasteiger partial charge in [-0.1, -0.05) is 30.3 Å². The van der Waals surface area contributed by atoms with Crippen molar-refractivity contribution in [2.24, 2.45) is 5.92 Å². The number of esters is 2. The van der Waals surface area contributed by atoms with Crippen molar-refractivity contribution in [3.63, 3.8) is 0 Å². The zero-order valence-corrected chi connectivity index (χ0v) is 21.0. The van der Waals surface area contributed by atoms with Crippen molar-refractivity contribution in [2.45, 2.75) is 53.0 Å². The van der Waals surface area contributed by atoms with E-state index < -0.39 is 11.9 Å². The van der Waals surface area contributed by atoms with Crippen LogP contribution in [0.15, 0.2) is 30.3 Å². The van der Waals surface area contributed by atoms with Gasteiger partial charge in [-0.25, -0.2) is 9.59 Å². The van der Waals surface area contributed by atoms with E-state index in [-0.39, 0.29) is 24.7 Å². The quantitative estimate of drug-likeness (QED) is 0.474. The van der Waals surface area contributed by atoms with Gasteiger partial charge in [-0.05, 0) is 70.2 Å². The van der Waals surface area contributed by atoms with Crippen LogP contribution in [0.5, 0.6) is 0 Å². The number of thiophene rings is 1. The Morgan fingerprint density at radius 1 is 1.03 bits per heavy atom. The third-order valence-electron chi connectivity index (χ3n) is 6.08. The zero-order chi connectivity index (χ0) is 24.5. The van der Waals surface area contributed by atoms with E-state index in [4.69, 9.17) is 9.47 Å². The summed E-state index contributed by atoms with van der Waals surface area (Å²) in [5, 5.41) is 3.20. The molecule has 0 aliphatic carbocycles. The molecule has 1 aliphatic heterocycles. The highest BCUT2D eigenvalue weighted by Gasteiger charge is 2.27. The molecule has 0 saturated carbocycles. The van der Waals surface area contributed by atoms with Crippen LogP contribution in [0.1, 0.15) is 70.7 Å². The topological polar surface area (TPSA) is 84.9 Å². The van der Waals surface area contributed by atoms with Gasteiger partial charge >= 0.3 is 11.9 Å². The highest BCUT2D eigenvalue weighted by molar-refractivity contribution is 7.18. The summed E-state index contributed by atoms with van der Waals surface area (Å²) in [5.41, 5.74) is 2.03. The summed E-state index contributed by atoms with van der Waals surface area (Å²) >= 11 is 1.07. The molecule has 1 aromatic heterocycles. The Morgan fingerprint density at radius 3 is 2.32 bits per heavy atom. The molecule has 0 radical (unpaired) electrons. The van der Waals surface area contributed by atoms with E-state index in [2.05, 4.69) is 34.5 Å². The Bertz CT molecular complexity index is 981. The monoisotopic (exact) mass is 486 g/mol. The van der Waals surface area contributed by atoms with Crippen LogP contribution in [0.2, 0.25) is 0 Å². The van der Waals surface area contributed by atoms with Gasteiger partial charge in [0.05, 0.1) is 18.8 Å². The maximum absolute atomic E-state index is 12.7. The lowest BCUT2D eigenvalue weighted by Gasteiger charge is -2.31. The maximum atomic E-state index is 12.7. The number of hydrogen-bond donors (Lipinski definition) is 1. The molecule has 1 fully saturated rings. The molecule has 1 saturated heterocycles. The molecule has 1 N–H and O–H groups in total. The van der Waals surface area contributed by atoms with E-state index in [0.29, 0.717) is 27.8 Å². The van der Waals surface area contributed by atoms with Gasteiger partial charge < -0.3 is 14.8 Å². The van der Waals surface area contributed by atoms with Crippen LogP contribution in [0.3, 0.4) is 0 Å². The number of likely N-dealkylation sites (tertiary alicyclic amines) is 1. The number of carbonyl (C=O) groups excluding carboxylic acids is 3. The fourth-order valence-electron chi connectivity index (χ4n) is 4.24. The molecule has 1 aliphatic rings. The fourth-order valence-corrected chi connectivity index (χ4v) is 5.35. The Labute approximate surface area is 205 Å². The largest absolute Gasteiger partial charge is 0.462 e. The first kappa shape index (κ1) is 25.9. The van der Waals surface area contributed by atoms with Crippen LogP contribution >= 0.6 is 11.3 Å². The maximum Gasteiger partial charge on any atom is 0.348 e. The van der Waals surface area contributed by atoms with Crippen LogP contribution in [0.4, 0.5) is 5.00 Å². The van der Waals surface area contributed by atoms with E-state index in [1.165, 1.54) is 5.56 Å². The fraction of sp³-hybridized carbons (Fsp3) is 0.500. The first-order chi connectivity index (χ1) is 16.4. The molecule has 8 heteroatoms. The van der Waals surface area contributed by atoms with Crippen molar-refractivity contribution in [1.29, 1.82) is 0 Å². The van der Waals surface area contributed by atoms with Gasteiger partial charge in [0, 0.05) is 13.0 Å². The molecule has 3 rings (SSSR count). The smallest absolute Gasteiger partial charge is 0.348 e. The van der Waals surface area contributed by atoms with Crippen molar-refractivity contribution >= 4 is 34.2 Å². The van der Waals surface area contributed by atoms with Crippen LogP contribution in [0.25, 0.3) is 0 Å². The number of anilines is 1. The Balaban J connectivity index is 1.54. The van der Waals surface area contributed by atoms with Gasteiger partial charge in [0.2, 0.25) is 5.91 Å². The number of piperidine rings is 1. The number of benzene rings is 1. The Hall–Kier alpha value is -2.71. The predicted octanol–water partition coefficient (Wildman–Crippen LogP) is 5.04. The van der Waals surface area contributed by atoms with Crippen LogP contribution < -0.4 is 5.32 Å². The third-order valence-corrected chi connectivity index (χ3v) is 7.26. The normalized spacial score (nSPS) is 14.6. The lowest BCUT2D eigenvalue weighted by molar-refractivity contribution is -0.116. The standard InChI is InChI=1S/C26H34N2O5S/c1-4-32-25(30)22-18(3)23(26(31)33-5-2)34-24(22)27-21(29)12-11-19-13-15-28(16-14-19)17-20-9-7-6-8-10-20/h6-10,19H,4-5,11-17H2,1-3H3,(H,27,29). The number of rotatable bonds is 10. The summed E-state index contributed by atoms with van der Waals surface area (Å²) in [4.78, 5) is 40.3. The average molecular weight is 487 g/mol. The number of hydrogen-bond acceptors (Lipinski definition) is 7. The van der Waals surface area contributed by atoms with Crippen molar-refractivity contribution in [3.8, 4) is 0 Å². The molecular formula is C26H34N2O5S. The number of nitrogens with zero attached hydrogens (tertiary/aromatic N) is 1. The number of ether oxygens (including phenoxy) is 2. The van der Waals surface area contributed by atoms with E-state index in [0.717, 1.165) is 50.2 Å². The van der Waals surface area contributed by atoms with Crippen LogP contribution in [-0.2, 0) is 20.8 Å². The number of nitrogens with one attached hydrogen (secondary N) is 1. The van der Waals surface area contributed by atoms with Crippen LogP contribution in [-0.4, -0.2) is 49.0 Å². The highest BCUT2D eigenvalue weighted by atomic mass is 32.1. The van der Waals surface area contributed by atoms with Crippen LogP contribution in [0, 0.1) is 12.8 Å². The summed E-state index contributed by atoms with van der Waals surface area (Å²) < 4.78 is 10.2. The van der Waals surface area contributed by atoms with Gasteiger partial charge in [-0.2, -0.15) is 0 Å².